The van der Waals surface area contributed by atoms with Gasteiger partial charge in [0.1, 0.15) is 0 Å². The average molecular weight is 296 g/mol. The monoisotopic (exact) mass is 295 g/mol. The van der Waals surface area contributed by atoms with E-state index in [1.54, 1.807) is 31.2 Å². The van der Waals surface area contributed by atoms with Crippen LogP contribution in [0.2, 0.25) is 5.02 Å². The topological polar surface area (TPSA) is 32.3 Å². The molecule has 0 fully saturated rings. The van der Waals surface area contributed by atoms with Crippen LogP contribution in [0.5, 0.6) is 0 Å². The van der Waals surface area contributed by atoms with Crippen molar-refractivity contribution in [1.82, 2.24) is 5.32 Å². The summed E-state index contributed by atoms with van der Waals surface area (Å²) >= 11 is 5.73. The van der Waals surface area contributed by atoms with Crippen LogP contribution in [-0.2, 0) is 0 Å². The van der Waals surface area contributed by atoms with Gasteiger partial charge < -0.3 is 10.4 Å². The van der Waals surface area contributed by atoms with Gasteiger partial charge in [0.2, 0.25) is 0 Å². The van der Waals surface area contributed by atoms with E-state index in [1.165, 1.54) is 6.92 Å². The lowest BCUT2D eigenvalue weighted by atomic mass is 10.0. The molecule has 0 saturated heterocycles. The van der Waals surface area contributed by atoms with Crippen molar-refractivity contribution in [3.8, 4) is 0 Å². The first-order valence-electron chi connectivity index (χ1n) is 5.95. The fourth-order valence-corrected chi connectivity index (χ4v) is 2.02. The molecule has 0 bridgehead atoms. The number of aliphatic hydroxyl groups excluding tert-OH is 1. The zero-order valence-electron chi connectivity index (χ0n) is 10.7. The van der Waals surface area contributed by atoms with Crippen molar-refractivity contribution in [2.24, 2.45) is 0 Å². The Kier molecular flexibility index (Phi) is 5.64. The number of nitrogens with one attached hydrogen (secondary N) is 1. The Morgan fingerprint density at radius 1 is 1.21 bits per heavy atom. The highest BCUT2D eigenvalue weighted by atomic mass is 35.5. The lowest BCUT2D eigenvalue weighted by Gasteiger charge is -2.25. The summed E-state index contributed by atoms with van der Waals surface area (Å²) in [5.74, 6) is 0. The van der Waals surface area contributed by atoms with Crippen LogP contribution in [0.25, 0.3) is 0 Å². The molecule has 1 aromatic carbocycles. The van der Waals surface area contributed by atoms with Crippen LogP contribution in [0, 0.1) is 0 Å². The molecule has 3 unspecified atom stereocenters. The van der Waals surface area contributed by atoms with Crippen molar-refractivity contribution in [2.45, 2.75) is 44.6 Å². The lowest BCUT2D eigenvalue weighted by molar-refractivity contribution is -0.139. The first-order valence-corrected chi connectivity index (χ1v) is 6.33. The zero-order valence-corrected chi connectivity index (χ0v) is 11.5. The van der Waals surface area contributed by atoms with Crippen LogP contribution in [-0.4, -0.2) is 23.4 Å². The molecule has 3 atom stereocenters. The van der Waals surface area contributed by atoms with Crippen LogP contribution in [0.1, 0.15) is 31.9 Å². The van der Waals surface area contributed by atoms with Crippen LogP contribution in [0.4, 0.5) is 13.2 Å². The molecule has 1 aromatic rings. The molecular formula is C13H17ClF3NO. The molecule has 0 saturated carbocycles. The minimum atomic E-state index is -4.21. The number of rotatable bonds is 5. The van der Waals surface area contributed by atoms with Crippen molar-refractivity contribution in [3.05, 3.63) is 34.9 Å². The molecule has 6 heteroatoms. The quantitative estimate of drug-likeness (QED) is 0.868. The lowest BCUT2D eigenvalue weighted by Crippen LogP contribution is -2.40. The number of halogens is 4. The number of hydrogen-bond donors (Lipinski definition) is 2. The smallest absolute Gasteiger partial charge is 0.387 e. The van der Waals surface area contributed by atoms with Crippen molar-refractivity contribution >= 4 is 11.6 Å². The third-order valence-electron chi connectivity index (χ3n) is 2.77. The van der Waals surface area contributed by atoms with E-state index >= 15 is 0 Å². The molecule has 19 heavy (non-hydrogen) atoms. The van der Waals surface area contributed by atoms with E-state index < -0.39 is 30.8 Å². The van der Waals surface area contributed by atoms with E-state index in [2.05, 4.69) is 5.32 Å². The minimum Gasteiger partial charge on any atom is -0.387 e. The molecule has 0 amide bonds. The molecule has 108 valence electrons. The molecule has 0 aliphatic heterocycles. The summed E-state index contributed by atoms with van der Waals surface area (Å²) in [7, 11) is 0. The predicted octanol–water partition coefficient (Wildman–Crippen LogP) is 3.69. The Morgan fingerprint density at radius 3 is 2.21 bits per heavy atom. The number of benzene rings is 1. The minimum absolute atomic E-state index is 0.487. The second kappa shape index (κ2) is 6.59. The highest BCUT2D eigenvalue weighted by Crippen LogP contribution is 2.23. The molecule has 2 N–H and O–H groups in total. The maximum atomic E-state index is 12.2. The summed E-state index contributed by atoms with van der Waals surface area (Å²) < 4.78 is 36.6. The Balaban J connectivity index is 2.57. The second-order valence-electron chi connectivity index (χ2n) is 4.67. The SMILES string of the molecule is CC(CC(F)(F)F)NC(C)C(O)c1ccc(Cl)cc1. The molecule has 0 radical (unpaired) electrons. The third-order valence-corrected chi connectivity index (χ3v) is 3.02. The normalized spacial score (nSPS) is 17.0. The summed E-state index contributed by atoms with van der Waals surface area (Å²) in [6.07, 6.45) is -6.02. The fraction of sp³-hybridized carbons (Fsp3) is 0.538. The first kappa shape index (κ1) is 16.3. The standard InChI is InChI=1S/C13H17ClF3NO/c1-8(7-13(15,16)17)18-9(2)12(19)10-3-5-11(14)6-4-10/h3-6,8-9,12,18-19H,7H2,1-2H3. The van der Waals surface area contributed by atoms with Gasteiger partial charge in [-0.15, -0.1) is 0 Å². The second-order valence-corrected chi connectivity index (χ2v) is 5.11. The number of alkyl halides is 3. The van der Waals surface area contributed by atoms with Gasteiger partial charge >= 0.3 is 6.18 Å². The summed E-state index contributed by atoms with van der Waals surface area (Å²) in [4.78, 5) is 0. The molecule has 0 spiro atoms. The van der Waals surface area contributed by atoms with E-state index in [9.17, 15) is 18.3 Å². The van der Waals surface area contributed by atoms with Crippen molar-refractivity contribution in [1.29, 1.82) is 0 Å². The largest absolute Gasteiger partial charge is 0.390 e. The molecule has 0 aliphatic carbocycles. The van der Waals surface area contributed by atoms with E-state index in [0.717, 1.165) is 0 Å². The highest BCUT2D eigenvalue weighted by molar-refractivity contribution is 6.30. The Labute approximate surface area is 115 Å². The van der Waals surface area contributed by atoms with Crippen LogP contribution < -0.4 is 5.32 Å². The van der Waals surface area contributed by atoms with Gasteiger partial charge in [-0.1, -0.05) is 23.7 Å². The van der Waals surface area contributed by atoms with E-state index in [1.807, 2.05) is 0 Å². The van der Waals surface area contributed by atoms with Gasteiger partial charge in [0.25, 0.3) is 0 Å². The zero-order chi connectivity index (χ0) is 14.6. The van der Waals surface area contributed by atoms with Crippen molar-refractivity contribution in [3.63, 3.8) is 0 Å². The molecule has 1 rings (SSSR count). The molecular weight excluding hydrogens is 279 g/mol. The third kappa shape index (κ3) is 5.80. The van der Waals surface area contributed by atoms with Gasteiger partial charge in [0.05, 0.1) is 12.5 Å². The Morgan fingerprint density at radius 2 is 1.74 bits per heavy atom. The maximum absolute atomic E-state index is 12.2. The fourth-order valence-electron chi connectivity index (χ4n) is 1.89. The molecule has 0 aromatic heterocycles. The Bertz CT molecular complexity index is 394. The van der Waals surface area contributed by atoms with Gasteiger partial charge in [-0.05, 0) is 31.5 Å². The van der Waals surface area contributed by atoms with Crippen molar-refractivity contribution < 1.29 is 18.3 Å². The number of aliphatic hydroxyl groups is 1. The van der Waals surface area contributed by atoms with Crippen molar-refractivity contribution in [2.75, 3.05) is 0 Å². The van der Waals surface area contributed by atoms with E-state index in [-0.39, 0.29) is 0 Å². The van der Waals surface area contributed by atoms with E-state index in [4.69, 9.17) is 11.6 Å². The van der Waals surface area contributed by atoms with Crippen LogP contribution >= 0.6 is 11.6 Å². The molecule has 2 nitrogen and oxygen atoms in total. The van der Waals surface area contributed by atoms with Gasteiger partial charge in [0.15, 0.2) is 0 Å². The van der Waals surface area contributed by atoms with Crippen LogP contribution in [0.15, 0.2) is 24.3 Å². The van der Waals surface area contributed by atoms with Gasteiger partial charge in [-0.25, -0.2) is 0 Å². The predicted molar refractivity (Wildman–Crippen MR) is 69.1 cm³/mol. The summed E-state index contributed by atoms with van der Waals surface area (Å²) in [5.41, 5.74) is 0.614. The molecule has 0 aliphatic rings. The summed E-state index contributed by atoms with van der Waals surface area (Å²) in [6, 6.07) is 5.33. The highest BCUT2D eigenvalue weighted by Gasteiger charge is 2.31. The Hall–Kier alpha value is -0.780. The average Bonchev–Trinajstić information content (AvgIpc) is 2.26. The van der Waals surface area contributed by atoms with Gasteiger partial charge in [-0.2, -0.15) is 13.2 Å². The van der Waals surface area contributed by atoms with Gasteiger partial charge in [0, 0.05) is 17.1 Å². The molecule has 0 heterocycles. The maximum Gasteiger partial charge on any atom is 0.390 e. The first-order chi connectivity index (χ1) is 8.69. The van der Waals surface area contributed by atoms with E-state index in [0.29, 0.717) is 10.6 Å². The summed E-state index contributed by atoms with van der Waals surface area (Å²) in [5, 5.41) is 13.3. The van der Waals surface area contributed by atoms with Crippen LogP contribution in [0.3, 0.4) is 0 Å². The van der Waals surface area contributed by atoms with Gasteiger partial charge in [-0.3, -0.25) is 0 Å². The number of hydrogen-bond acceptors (Lipinski definition) is 2. The summed E-state index contributed by atoms with van der Waals surface area (Å²) in [6.45, 7) is 3.09.